The van der Waals surface area contributed by atoms with Crippen LogP contribution in [0.3, 0.4) is 0 Å². The van der Waals surface area contributed by atoms with Crippen molar-refractivity contribution in [3.05, 3.63) is 0 Å². The molecule has 0 aromatic rings. The van der Waals surface area contributed by atoms with E-state index in [0.717, 1.165) is 0 Å². The maximum absolute atomic E-state index is 9.95. The standard InChI is InChI=1S/C8H13O.Zr/c9-7-6-8-4-2-1-3-5-8;/h8H,1-6H2;/q-1;. The fraction of sp³-hybridized carbons (Fsp3) is 0.875. The maximum Gasteiger partial charge on any atom is 0 e. The maximum atomic E-state index is 9.95. The summed E-state index contributed by atoms with van der Waals surface area (Å²) in [6.45, 7) is 0. The summed E-state index contributed by atoms with van der Waals surface area (Å²) in [5.74, 6) is 0.677. The molecule has 1 aliphatic carbocycles. The predicted molar refractivity (Wildman–Crippen MR) is 36.9 cm³/mol. The molecule has 0 heterocycles. The van der Waals surface area contributed by atoms with E-state index in [2.05, 4.69) is 0 Å². The first kappa shape index (κ1) is 10.6. The monoisotopic (exact) mass is 215 g/mol. The average Bonchev–Trinajstić information content (AvgIpc) is 1.91. The number of rotatable bonds is 2. The largest absolute Gasteiger partial charge is 0.542 e. The van der Waals surface area contributed by atoms with Crippen LogP contribution in [0, 0.1) is 5.92 Å². The van der Waals surface area contributed by atoms with Crippen molar-refractivity contribution < 1.29 is 31.0 Å². The fourth-order valence-corrected chi connectivity index (χ4v) is 1.51. The van der Waals surface area contributed by atoms with Gasteiger partial charge in [-0.15, -0.1) is 6.42 Å². The van der Waals surface area contributed by atoms with Crippen LogP contribution in [-0.2, 0) is 31.0 Å². The molecule has 2 heteroatoms. The minimum atomic E-state index is 0. The third kappa shape index (κ3) is 3.66. The van der Waals surface area contributed by atoms with Gasteiger partial charge in [0.2, 0.25) is 0 Å². The summed E-state index contributed by atoms with van der Waals surface area (Å²) >= 11 is 0. The molecule has 0 aromatic heterocycles. The average molecular weight is 216 g/mol. The van der Waals surface area contributed by atoms with Crippen molar-refractivity contribution in [3.8, 4) is 0 Å². The summed E-state index contributed by atoms with van der Waals surface area (Å²) in [6, 6.07) is 0. The third-order valence-corrected chi connectivity index (χ3v) is 2.10. The van der Waals surface area contributed by atoms with Gasteiger partial charge in [0.15, 0.2) is 0 Å². The van der Waals surface area contributed by atoms with Crippen LogP contribution in [-0.4, -0.2) is 6.29 Å². The second-order valence-electron chi connectivity index (χ2n) is 2.85. The second kappa shape index (κ2) is 6.28. The molecule has 1 fully saturated rings. The quantitative estimate of drug-likeness (QED) is 0.646. The Morgan fingerprint density at radius 3 is 2.30 bits per heavy atom. The molecule has 0 radical (unpaired) electrons. The van der Waals surface area contributed by atoms with Crippen LogP contribution in [0.25, 0.3) is 0 Å². The molecule has 1 aliphatic rings. The van der Waals surface area contributed by atoms with E-state index in [-0.39, 0.29) is 26.2 Å². The Morgan fingerprint density at radius 2 is 1.80 bits per heavy atom. The fourth-order valence-electron chi connectivity index (χ4n) is 1.51. The first-order chi connectivity index (χ1) is 4.43. The molecule has 56 valence electrons. The minimum Gasteiger partial charge on any atom is -0.542 e. The van der Waals surface area contributed by atoms with E-state index < -0.39 is 0 Å². The summed E-state index contributed by atoms with van der Waals surface area (Å²) in [7, 11) is 0. The van der Waals surface area contributed by atoms with Crippen LogP contribution in [0.5, 0.6) is 0 Å². The van der Waals surface area contributed by atoms with Crippen LogP contribution >= 0.6 is 0 Å². The topological polar surface area (TPSA) is 17.1 Å². The molecule has 0 atom stereocenters. The Bertz CT molecular complexity index is 87.3. The van der Waals surface area contributed by atoms with E-state index in [1.165, 1.54) is 32.1 Å². The van der Waals surface area contributed by atoms with Crippen molar-refractivity contribution >= 4 is 6.29 Å². The van der Waals surface area contributed by atoms with Crippen molar-refractivity contribution in [1.82, 2.24) is 0 Å². The van der Waals surface area contributed by atoms with Crippen LogP contribution in [0.2, 0.25) is 0 Å². The molecule has 0 bridgehead atoms. The van der Waals surface area contributed by atoms with E-state index in [9.17, 15) is 4.79 Å². The molecule has 0 unspecified atom stereocenters. The normalized spacial score (nSPS) is 19.6. The van der Waals surface area contributed by atoms with Crippen molar-refractivity contribution in [2.24, 2.45) is 5.92 Å². The zero-order chi connectivity index (χ0) is 6.53. The molecule has 1 nitrogen and oxygen atoms in total. The molecule has 0 N–H and O–H groups in total. The van der Waals surface area contributed by atoms with Gasteiger partial charge in [-0.25, -0.2) is 0 Å². The van der Waals surface area contributed by atoms with E-state index in [4.69, 9.17) is 0 Å². The van der Waals surface area contributed by atoms with Crippen LogP contribution < -0.4 is 0 Å². The Kier molecular flexibility index (Phi) is 6.62. The number of carbonyl (C=O) groups excluding carboxylic acids is 1. The van der Waals surface area contributed by atoms with Crippen LogP contribution in [0.1, 0.15) is 38.5 Å². The summed E-state index contributed by atoms with van der Waals surface area (Å²) in [6.07, 6.45) is 9.21. The summed E-state index contributed by atoms with van der Waals surface area (Å²) in [5.41, 5.74) is 0. The van der Waals surface area contributed by atoms with Crippen molar-refractivity contribution in [1.29, 1.82) is 0 Å². The van der Waals surface area contributed by atoms with E-state index in [1.54, 1.807) is 0 Å². The van der Waals surface area contributed by atoms with Gasteiger partial charge in [0.1, 0.15) is 0 Å². The van der Waals surface area contributed by atoms with E-state index in [0.29, 0.717) is 12.3 Å². The Balaban J connectivity index is 0.000000810. The number of hydrogen-bond acceptors (Lipinski definition) is 1. The van der Waals surface area contributed by atoms with Gasteiger partial charge in [0, 0.05) is 26.2 Å². The SMILES string of the molecule is O=[C-]CC1CCCCC1.[Zr]. The number of hydrogen-bond donors (Lipinski definition) is 0. The molecule has 0 saturated heterocycles. The van der Waals surface area contributed by atoms with Gasteiger partial charge in [0.05, 0.1) is 0 Å². The van der Waals surface area contributed by atoms with Crippen LogP contribution in [0.4, 0.5) is 0 Å². The first-order valence-electron chi connectivity index (χ1n) is 3.78. The predicted octanol–water partition coefficient (Wildman–Crippen LogP) is 2.06. The van der Waals surface area contributed by atoms with E-state index in [1.807, 2.05) is 6.29 Å². The minimum absolute atomic E-state index is 0. The third-order valence-electron chi connectivity index (χ3n) is 2.10. The van der Waals surface area contributed by atoms with Crippen LogP contribution in [0.15, 0.2) is 0 Å². The Hall–Kier alpha value is 0.553. The zero-order valence-electron chi connectivity index (χ0n) is 6.23. The van der Waals surface area contributed by atoms with Gasteiger partial charge in [0.25, 0.3) is 0 Å². The molecule has 1 rings (SSSR count). The Labute approximate surface area is 81.7 Å². The first-order valence-corrected chi connectivity index (χ1v) is 3.78. The summed E-state index contributed by atoms with van der Waals surface area (Å²) < 4.78 is 0. The molecule has 0 spiro atoms. The van der Waals surface area contributed by atoms with Crippen molar-refractivity contribution in [2.45, 2.75) is 38.5 Å². The van der Waals surface area contributed by atoms with E-state index >= 15 is 0 Å². The molecule has 10 heavy (non-hydrogen) atoms. The molecule has 0 amide bonds. The molecular weight excluding hydrogens is 203 g/mol. The van der Waals surface area contributed by atoms with Gasteiger partial charge < -0.3 is 4.79 Å². The molecule has 0 aromatic carbocycles. The molecule has 1 saturated carbocycles. The van der Waals surface area contributed by atoms with Gasteiger partial charge >= 0.3 is 0 Å². The zero-order valence-corrected chi connectivity index (χ0v) is 8.69. The van der Waals surface area contributed by atoms with Gasteiger partial charge in [-0.2, -0.15) is 0 Å². The van der Waals surface area contributed by atoms with Gasteiger partial charge in [-0.05, 0) is 0 Å². The van der Waals surface area contributed by atoms with Crippen molar-refractivity contribution in [3.63, 3.8) is 0 Å². The van der Waals surface area contributed by atoms with Gasteiger partial charge in [-0.1, -0.05) is 38.0 Å². The smallest absolute Gasteiger partial charge is 0 e. The molecular formula is C8H13OZr-. The van der Waals surface area contributed by atoms with Crippen molar-refractivity contribution in [2.75, 3.05) is 0 Å². The molecule has 0 aliphatic heterocycles. The summed E-state index contributed by atoms with van der Waals surface area (Å²) in [4.78, 5) is 9.95. The second-order valence-corrected chi connectivity index (χ2v) is 2.85. The summed E-state index contributed by atoms with van der Waals surface area (Å²) in [5, 5.41) is 0. The Morgan fingerprint density at radius 1 is 1.20 bits per heavy atom. The van der Waals surface area contributed by atoms with Gasteiger partial charge in [-0.3, -0.25) is 6.29 Å².